The molecule has 1 saturated heterocycles. The Kier molecular flexibility index (Phi) is 5.12. The van der Waals surface area contributed by atoms with Gasteiger partial charge in [0.25, 0.3) is 5.91 Å². The Morgan fingerprint density at radius 1 is 1.45 bits per heavy atom. The summed E-state index contributed by atoms with van der Waals surface area (Å²) < 4.78 is 0. The number of carbonyl (C=O) groups is 1. The molecule has 1 aliphatic heterocycles. The zero-order valence-electron chi connectivity index (χ0n) is 14.3. The molecule has 0 aromatic heterocycles. The predicted molar refractivity (Wildman–Crippen MR) is 92.0 cm³/mol. The molecule has 4 heteroatoms. The lowest BCUT2D eigenvalue weighted by molar-refractivity contribution is 0.0657. The maximum atomic E-state index is 12.4. The lowest BCUT2D eigenvalue weighted by atomic mass is 9.93. The Morgan fingerprint density at radius 2 is 2.18 bits per heavy atom. The molecule has 3 N–H and O–H groups in total. The van der Waals surface area contributed by atoms with E-state index in [2.05, 4.69) is 31.0 Å². The zero-order chi connectivity index (χ0) is 16.3. The molecule has 1 amide bonds. The Balaban J connectivity index is 1.98. The van der Waals surface area contributed by atoms with Gasteiger partial charge in [0.2, 0.25) is 0 Å². The first-order valence-electron chi connectivity index (χ1n) is 8.19. The van der Waals surface area contributed by atoms with Crippen LogP contribution in [-0.2, 0) is 0 Å². The Hall–Kier alpha value is -1.55. The number of piperidine rings is 1. The molecule has 2 rings (SSSR count). The van der Waals surface area contributed by atoms with Crippen molar-refractivity contribution in [3.05, 3.63) is 29.3 Å². The summed E-state index contributed by atoms with van der Waals surface area (Å²) in [7, 11) is 0. The van der Waals surface area contributed by atoms with Gasteiger partial charge in [-0.25, -0.2) is 0 Å². The summed E-state index contributed by atoms with van der Waals surface area (Å²) in [5.74, 6) is 0.697. The van der Waals surface area contributed by atoms with E-state index in [4.69, 9.17) is 5.73 Å². The first-order chi connectivity index (χ1) is 10.3. The molecule has 1 aliphatic rings. The fraction of sp³-hybridized carbons (Fsp3) is 0.611. The number of aryl methyl sites for hydroxylation is 1. The van der Waals surface area contributed by atoms with E-state index in [-0.39, 0.29) is 11.4 Å². The Labute approximate surface area is 134 Å². The Morgan fingerprint density at radius 3 is 2.86 bits per heavy atom. The zero-order valence-corrected chi connectivity index (χ0v) is 14.3. The number of anilines is 1. The second kappa shape index (κ2) is 6.69. The van der Waals surface area contributed by atoms with Crippen molar-refractivity contribution in [2.24, 2.45) is 5.92 Å². The number of likely N-dealkylation sites (tertiary alicyclic amines) is 1. The normalized spacial score (nSPS) is 19.9. The van der Waals surface area contributed by atoms with Gasteiger partial charge >= 0.3 is 0 Å². The minimum absolute atomic E-state index is 0.0292. The van der Waals surface area contributed by atoms with Gasteiger partial charge in [0.05, 0.1) is 0 Å². The highest BCUT2D eigenvalue weighted by molar-refractivity contribution is 5.96. The summed E-state index contributed by atoms with van der Waals surface area (Å²) in [4.78, 5) is 14.9. The molecule has 122 valence electrons. The lowest BCUT2D eigenvalue weighted by Crippen LogP contribution is -2.54. The van der Waals surface area contributed by atoms with E-state index in [1.54, 1.807) is 6.07 Å². The van der Waals surface area contributed by atoms with Crippen LogP contribution in [0.25, 0.3) is 0 Å². The smallest absolute Gasteiger partial charge is 0.251 e. The molecule has 1 fully saturated rings. The first-order valence-corrected chi connectivity index (χ1v) is 8.19. The topological polar surface area (TPSA) is 58.4 Å². The van der Waals surface area contributed by atoms with Crippen LogP contribution in [-0.4, -0.2) is 36.0 Å². The molecule has 1 aromatic rings. The number of nitrogens with two attached hydrogens (primary N) is 1. The average Bonchev–Trinajstić information content (AvgIpc) is 2.47. The van der Waals surface area contributed by atoms with Gasteiger partial charge in [-0.3, -0.25) is 9.69 Å². The number of hydrogen-bond donors (Lipinski definition) is 2. The fourth-order valence-corrected chi connectivity index (χ4v) is 3.13. The summed E-state index contributed by atoms with van der Waals surface area (Å²) in [6, 6.07) is 5.47. The van der Waals surface area contributed by atoms with Gasteiger partial charge < -0.3 is 11.1 Å². The van der Waals surface area contributed by atoms with Crippen molar-refractivity contribution < 1.29 is 4.79 Å². The first kappa shape index (κ1) is 16.8. The monoisotopic (exact) mass is 303 g/mol. The molecule has 1 atom stereocenters. The van der Waals surface area contributed by atoms with Crippen LogP contribution in [0.1, 0.15) is 49.5 Å². The third-order valence-electron chi connectivity index (χ3n) is 4.70. The lowest BCUT2D eigenvalue weighted by Gasteiger charge is -2.43. The Bertz CT molecular complexity index is 539. The molecule has 1 unspecified atom stereocenters. The van der Waals surface area contributed by atoms with E-state index in [1.165, 1.54) is 12.8 Å². The van der Waals surface area contributed by atoms with Crippen molar-refractivity contribution in [3.8, 4) is 0 Å². The molecule has 0 bridgehead atoms. The van der Waals surface area contributed by atoms with Crippen molar-refractivity contribution in [1.29, 1.82) is 0 Å². The molecule has 0 saturated carbocycles. The van der Waals surface area contributed by atoms with E-state index in [1.807, 2.05) is 19.1 Å². The van der Waals surface area contributed by atoms with Crippen LogP contribution in [0, 0.1) is 12.8 Å². The number of rotatable bonds is 4. The van der Waals surface area contributed by atoms with E-state index in [9.17, 15) is 4.79 Å². The van der Waals surface area contributed by atoms with Crippen LogP contribution in [0.5, 0.6) is 0 Å². The SMILES string of the molecule is Cc1ccc(N)cc1C(=O)NCC(C)(C)N1CCCC(C)C1. The third kappa shape index (κ3) is 4.01. The maximum absolute atomic E-state index is 12.4. The van der Waals surface area contributed by atoms with E-state index in [0.717, 1.165) is 24.6 Å². The van der Waals surface area contributed by atoms with Crippen molar-refractivity contribution in [1.82, 2.24) is 10.2 Å². The molecule has 1 aromatic carbocycles. The molecular formula is C18H29N3O. The van der Waals surface area contributed by atoms with E-state index >= 15 is 0 Å². The van der Waals surface area contributed by atoms with Gasteiger partial charge in [-0.2, -0.15) is 0 Å². The predicted octanol–water partition coefficient (Wildman–Crippen LogP) is 2.82. The molecule has 22 heavy (non-hydrogen) atoms. The molecule has 0 radical (unpaired) electrons. The number of hydrogen-bond acceptors (Lipinski definition) is 3. The van der Waals surface area contributed by atoms with Gasteiger partial charge in [0.1, 0.15) is 0 Å². The van der Waals surface area contributed by atoms with Gasteiger partial charge in [-0.15, -0.1) is 0 Å². The van der Waals surface area contributed by atoms with Crippen LogP contribution in [0.15, 0.2) is 18.2 Å². The summed E-state index contributed by atoms with van der Waals surface area (Å²) in [6.45, 7) is 11.5. The van der Waals surface area contributed by atoms with E-state index < -0.39 is 0 Å². The van der Waals surface area contributed by atoms with Gasteiger partial charge in [-0.1, -0.05) is 13.0 Å². The highest BCUT2D eigenvalue weighted by Gasteiger charge is 2.30. The van der Waals surface area contributed by atoms with Crippen molar-refractivity contribution in [2.45, 2.75) is 46.1 Å². The number of nitrogens with zero attached hydrogens (tertiary/aromatic N) is 1. The molecule has 4 nitrogen and oxygen atoms in total. The number of benzene rings is 1. The quantitative estimate of drug-likeness (QED) is 0.841. The number of amides is 1. The van der Waals surface area contributed by atoms with Crippen LogP contribution in [0.3, 0.4) is 0 Å². The average molecular weight is 303 g/mol. The van der Waals surface area contributed by atoms with Gasteiger partial charge in [0, 0.05) is 29.9 Å². The number of carbonyl (C=O) groups excluding carboxylic acids is 1. The van der Waals surface area contributed by atoms with Crippen LogP contribution in [0.2, 0.25) is 0 Å². The molecular weight excluding hydrogens is 274 g/mol. The fourth-order valence-electron chi connectivity index (χ4n) is 3.13. The van der Waals surface area contributed by atoms with Crippen molar-refractivity contribution in [2.75, 3.05) is 25.4 Å². The van der Waals surface area contributed by atoms with Crippen LogP contribution >= 0.6 is 0 Å². The molecule has 0 spiro atoms. The van der Waals surface area contributed by atoms with Crippen LogP contribution in [0.4, 0.5) is 5.69 Å². The maximum Gasteiger partial charge on any atom is 0.251 e. The van der Waals surface area contributed by atoms with Crippen LogP contribution < -0.4 is 11.1 Å². The second-order valence-electron chi connectivity index (χ2n) is 7.26. The summed E-state index contributed by atoms with van der Waals surface area (Å²) in [5.41, 5.74) is 8.01. The summed E-state index contributed by atoms with van der Waals surface area (Å²) in [6.07, 6.45) is 2.55. The standard InChI is InChI=1S/C18H29N3O/c1-13-6-5-9-21(11-13)18(3,4)12-20-17(22)16-10-15(19)8-7-14(16)2/h7-8,10,13H,5-6,9,11-12,19H2,1-4H3,(H,20,22). The summed E-state index contributed by atoms with van der Waals surface area (Å²) >= 11 is 0. The highest BCUT2D eigenvalue weighted by Crippen LogP contribution is 2.23. The second-order valence-corrected chi connectivity index (χ2v) is 7.26. The summed E-state index contributed by atoms with van der Waals surface area (Å²) in [5, 5.41) is 3.08. The van der Waals surface area contributed by atoms with Crippen molar-refractivity contribution >= 4 is 11.6 Å². The highest BCUT2D eigenvalue weighted by atomic mass is 16.1. The third-order valence-corrected chi connectivity index (χ3v) is 4.70. The number of nitrogens with one attached hydrogen (secondary N) is 1. The van der Waals surface area contributed by atoms with Gasteiger partial charge in [0.15, 0.2) is 0 Å². The van der Waals surface area contributed by atoms with E-state index in [0.29, 0.717) is 17.8 Å². The number of nitrogen functional groups attached to an aromatic ring is 1. The van der Waals surface area contributed by atoms with Crippen molar-refractivity contribution in [3.63, 3.8) is 0 Å². The minimum Gasteiger partial charge on any atom is -0.399 e. The largest absolute Gasteiger partial charge is 0.399 e. The molecule has 0 aliphatic carbocycles. The molecule has 1 heterocycles. The van der Waals surface area contributed by atoms with Gasteiger partial charge in [-0.05, 0) is 63.8 Å². The minimum atomic E-state index is -0.0390.